The molecule has 1 N–H and O–H groups in total. The van der Waals surface area contributed by atoms with Gasteiger partial charge in [-0.15, -0.1) is 0 Å². The molecule has 1 aromatic carbocycles. The zero-order valence-corrected chi connectivity index (χ0v) is 10.5. The Bertz CT molecular complexity index is 565. The molecule has 0 amide bonds. The third-order valence-electron chi connectivity index (χ3n) is 2.71. The molecule has 2 rings (SSSR count). The highest BCUT2D eigenvalue weighted by Crippen LogP contribution is 2.19. The molecule has 0 aliphatic carbocycles. The van der Waals surface area contributed by atoms with Crippen LogP contribution in [0, 0.1) is 11.3 Å². The van der Waals surface area contributed by atoms with Crippen molar-refractivity contribution in [3.05, 3.63) is 53.7 Å². The van der Waals surface area contributed by atoms with Crippen LogP contribution < -0.4 is 5.32 Å². The van der Waals surface area contributed by atoms with Crippen molar-refractivity contribution < 1.29 is 0 Å². The zero-order valence-electron chi connectivity index (χ0n) is 10.5. The number of nitrogens with zero attached hydrogens (tertiary/aromatic N) is 2. The van der Waals surface area contributed by atoms with Gasteiger partial charge in [-0.25, -0.2) is 4.98 Å². The van der Waals surface area contributed by atoms with E-state index in [0.717, 1.165) is 5.69 Å². The van der Waals surface area contributed by atoms with Crippen LogP contribution in [-0.4, -0.2) is 4.98 Å². The molecule has 90 valence electrons. The van der Waals surface area contributed by atoms with Gasteiger partial charge >= 0.3 is 0 Å². The van der Waals surface area contributed by atoms with Gasteiger partial charge in [-0.1, -0.05) is 32.0 Å². The lowest BCUT2D eigenvalue weighted by molar-refractivity contribution is 0.867. The number of pyridine rings is 1. The van der Waals surface area contributed by atoms with Crippen molar-refractivity contribution >= 4 is 11.5 Å². The number of hydrogen-bond donors (Lipinski definition) is 1. The van der Waals surface area contributed by atoms with E-state index in [-0.39, 0.29) is 0 Å². The molecule has 1 heterocycles. The van der Waals surface area contributed by atoms with E-state index in [0.29, 0.717) is 17.4 Å². The van der Waals surface area contributed by atoms with Gasteiger partial charge in [0.25, 0.3) is 0 Å². The van der Waals surface area contributed by atoms with Crippen LogP contribution in [0.5, 0.6) is 0 Å². The van der Waals surface area contributed by atoms with Crippen molar-refractivity contribution in [1.29, 1.82) is 5.26 Å². The second-order valence-corrected chi connectivity index (χ2v) is 4.42. The molecule has 3 heteroatoms. The summed E-state index contributed by atoms with van der Waals surface area (Å²) in [6.45, 7) is 4.33. The number of nitriles is 1. The van der Waals surface area contributed by atoms with Crippen LogP contribution >= 0.6 is 0 Å². The Kier molecular flexibility index (Phi) is 3.59. The second-order valence-electron chi connectivity index (χ2n) is 4.42. The van der Waals surface area contributed by atoms with Crippen molar-refractivity contribution in [1.82, 2.24) is 4.98 Å². The molecule has 0 spiro atoms. The lowest BCUT2D eigenvalue weighted by Gasteiger charge is -2.08. The molecule has 0 radical (unpaired) electrons. The number of anilines is 2. The van der Waals surface area contributed by atoms with Gasteiger partial charge in [0.1, 0.15) is 17.6 Å². The van der Waals surface area contributed by atoms with Gasteiger partial charge in [0.2, 0.25) is 0 Å². The van der Waals surface area contributed by atoms with Crippen molar-refractivity contribution in [3.8, 4) is 6.07 Å². The number of rotatable bonds is 3. The van der Waals surface area contributed by atoms with E-state index in [1.54, 1.807) is 6.07 Å². The first-order valence-corrected chi connectivity index (χ1v) is 5.93. The van der Waals surface area contributed by atoms with Crippen LogP contribution in [0.15, 0.2) is 42.5 Å². The van der Waals surface area contributed by atoms with Gasteiger partial charge in [0.05, 0.1) is 0 Å². The SMILES string of the molecule is CC(C)c1ccc(Nc2cccc(C#N)n2)cc1. The van der Waals surface area contributed by atoms with E-state index in [1.165, 1.54) is 5.56 Å². The third-order valence-corrected chi connectivity index (χ3v) is 2.71. The first-order valence-electron chi connectivity index (χ1n) is 5.93. The van der Waals surface area contributed by atoms with Crippen LogP contribution in [0.2, 0.25) is 0 Å². The Labute approximate surface area is 107 Å². The number of aromatic nitrogens is 1. The minimum absolute atomic E-state index is 0.416. The van der Waals surface area contributed by atoms with Crippen LogP contribution in [0.4, 0.5) is 11.5 Å². The van der Waals surface area contributed by atoms with Crippen molar-refractivity contribution in [2.45, 2.75) is 19.8 Å². The Hall–Kier alpha value is -2.34. The monoisotopic (exact) mass is 237 g/mol. The van der Waals surface area contributed by atoms with E-state index in [1.807, 2.05) is 30.3 Å². The van der Waals surface area contributed by atoms with E-state index >= 15 is 0 Å². The quantitative estimate of drug-likeness (QED) is 0.882. The number of hydrogen-bond acceptors (Lipinski definition) is 3. The molecule has 0 bridgehead atoms. The van der Waals surface area contributed by atoms with Gasteiger partial charge in [-0.2, -0.15) is 5.26 Å². The van der Waals surface area contributed by atoms with E-state index in [9.17, 15) is 0 Å². The summed E-state index contributed by atoms with van der Waals surface area (Å²) in [5.74, 6) is 1.21. The van der Waals surface area contributed by atoms with Crippen molar-refractivity contribution in [2.24, 2.45) is 0 Å². The minimum atomic E-state index is 0.416. The standard InChI is InChI=1S/C15H15N3/c1-11(2)12-6-8-13(9-7-12)17-15-5-3-4-14(10-16)18-15/h3-9,11H,1-2H3,(H,17,18). The molecule has 0 fully saturated rings. The van der Waals surface area contributed by atoms with Crippen LogP contribution in [-0.2, 0) is 0 Å². The van der Waals surface area contributed by atoms with E-state index in [4.69, 9.17) is 5.26 Å². The highest BCUT2D eigenvalue weighted by atomic mass is 15.0. The van der Waals surface area contributed by atoms with Crippen molar-refractivity contribution in [3.63, 3.8) is 0 Å². The number of nitrogens with one attached hydrogen (secondary N) is 1. The Morgan fingerprint density at radius 3 is 2.44 bits per heavy atom. The van der Waals surface area contributed by atoms with Crippen LogP contribution in [0.1, 0.15) is 31.0 Å². The first-order chi connectivity index (χ1) is 8.69. The average Bonchev–Trinajstić information content (AvgIpc) is 2.39. The maximum absolute atomic E-state index is 8.79. The fourth-order valence-electron chi connectivity index (χ4n) is 1.67. The predicted molar refractivity (Wildman–Crippen MR) is 72.8 cm³/mol. The van der Waals surface area contributed by atoms with Crippen molar-refractivity contribution in [2.75, 3.05) is 5.32 Å². The maximum atomic E-state index is 8.79. The summed E-state index contributed by atoms with van der Waals surface area (Å²) in [4.78, 5) is 4.17. The largest absolute Gasteiger partial charge is 0.340 e. The summed E-state index contributed by atoms with van der Waals surface area (Å²) in [5, 5.41) is 12.0. The van der Waals surface area contributed by atoms with Crippen LogP contribution in [0.25, 0.3) is 0 Å². The molecule has 0 saturated carbocycles. The lowest BCUT2D eigenvalue weighted by Crippen LogP contribution is -1.95. The first kappa shape index (κ1) is 12.1. The van der Waals surface area contributed by atoms with Gasteiger partial charge < -0.3 is 5.32 Å². The molecule has 0 atom stereocenters. The average molecular weight is 237 g/mol. The van der Waals surface area contributed by atoms with Gasteiger partial charge in [0.15, 0.2) is 0 Å². The smallest absolute Gasteiger partial charge is 0.142 e. The van der Waals surface area contributed by atoms with Crippen LogP contribution in [0.3, 0.4) is 0 Å². The minimum Gasteiger partial charge on any atom is -0.340 e. The molecule has 0 saturated heterocycles. The molecular formula is C15H15N3. The summed E-state index contributed by atoms with van der Waals surface area (Å²) < 4.78 is 0. The predicted octanol–water partition coefficient (Wildman–Crippen LogP) is 3.82. The molecule has 1 aromatic heterocycles. The Balaban J connectivity index is 2.16. The zero-order chi connectivity index (χ0) is 13.0. The highest BCUT2D eigenvalue weighted by Gasteiger charge is 2.00. The third kappa shape index (κ3) is 2.86. The second kappa shape index (κ2) is 5.33. The molecule has 0 aliphatic heterocycles. The Morgan fingerprint density at radius 1 is 1.11 bits per heavy atom. The highest BCUT2D eigenvalue weighted by molar-refractivity contribution is 5.57. The summed E-state index contributed by atoms with van der Waals surface area (Å²) in [7, 11) is 0. The van der Waals surface area contributed by atoms with E-state index < -0.39 is 0 Å². The van der Waals surface area contributed by atoms with E-state index in [2.05, 4.69) is 36.3 Å². The summed E-state index contributed by atoms with van der Waals surface area (Å²) >= 11 is 0. The molecule has 0 aliphatic rings. The topological polar surface area (TPSA) is 48.7 Å². The summed E-state index contributed by atoms with van der Waals surface area (Å²) in [5.41, 5.74) is 2.69. The fraction of sp³-hybridized carbons (Fsp3) is 0.200. The number of benzene rings is 1. The van der Waals surface area contributed by atoms with Gasteiger partial charge in [-0.05, 0) is 35.7 Å². The Morgan fingerprint density at radius 2 is 1.83 bits per heavy atom. The molecular weight excluding hydrogens is 222 g/mol. The molecule has 3 nitrogen and oxygen atoms in total. The maximum Gasteiger partial charge on any atom is 0.142 e. The fourth-order valence-corrected chi connectivity index (χ4v) is 1.67. The lowest BCUT2D eigenvalue weighted by atomic mass is 10.0. The molecule has 2 aromatic rings. The summed E-state index contributed by atoms with van der Waals surface area (Å²) in [6.07, 6.45) is 0. The van der Waals surface area contributed by atoms with Gasteiger partial charge in [0, 0.05) is 5.69 Å². The molecule has 18 heavy (non-hydrogen) atoms. The normalized spacial score (nSPS) is 10.1. The molecule has 0 unspecified atom stereocenters. The summed E-state index contributed by atoms with van der Waals surface area (Å²) in [6, 6.07) is 15.6. The van der Waals surface area contributed by atoms with Gasteiger partial charge in [-0.3, -0.25) is 0 Å².